The standard InChI is InChI=1S/C19H24N2O/c1-20-19-17(12-15-8-4-2-5-9-15)18(22)14-21(19)13-16-10-6-3-7-11-16/h2-11,17-20,22H,12-14H2,1H3. The summed E-state index contributed by atoms with van der Waals surface area (Å²) in [6.45, 7) is 1.59. The Morgan fingerprint density at radius 1 is 1.00 bits per heavy atom. The first-order valence-corrected chi connectivity index (χ1v) is 7.95. The van der Waals surface area contributed by atoms with Crippen molar-refractivity contribution in [2.24, 2.45) is 5.92 Å². The molecule has 0 amide bonds. The third-order valence-corrected chi connectivity index (χ3v) is 4.55. The molecule has 1 aliphatic heterocycles. The molecule has 2 aromatic rings. The Morgan fingerprint density at radius 2 is 1.59 bits per heavy atom. The molecule has 3 nitrogen and oxygen atoms in total. The maximum Gasteiger partial charge on any atom is 0.0726 e. The zero-order valence-corrected chi connectivity index (χ0v) is 13.0. The van der Waals surface area contributed by atoms with E-state index < -0.39 is 0 Å². The highest BCUT2D eigenvalue weighted by molar-refractivity contribution is 5.18. The van der Waals surface area contributed by atoms with Crippen LogP contribution in [0.3, 0.4) is 0 Å². The predicted octanol–water partition coefficient (Wildman–Crippen LogP) is 2.27. The largest absolute Gasteiger partial charge is 0.391 e. The normalized spacial score (nSPS) is 25.5. The summed E-state index contributed by atoms with van der Waals surface area (Å²) in [5.74, 6) is 0.219. The second-order valence-electron chi connectivity index (χ2n) is 6.07. The SMILES string of the molecule is CNC1C(Cc2ccccc2)C(O)CN1Cc1ccccc1. The maximum atomic E-state index is 10.5. The lowest BCUT2D eigenvalue weighted by molar-refractivity contribution is 0.134. The first-order valence-electron chi connectivity index (χ1n) is 7.95. The van der Waals surface area contributed by atoms with Crippen LogP contribution < -0.4 is 5.32 Å². The molecule has 22 heavy (non-hydrogen) atoms. The molecule has 0 spiro atoms. The van der Waals surface area contributed by atoms with E-state index in [4.69, 9.17) is 0 Å². The van der Waals surface area contributed by atoms with Gasteiger partial charge in [0.25, 0.3) is 0 Å². The molecule has 3 atom stereocenters. The van der Waals surface area contributed by atoms with Crippen molar-refractivity contribution >= 4 is 0 Å². The minimum absolute atomic E-state index is 0.204. The summed E-state index contributed by atoms with van der Waals surface area (Å²) in [6, 6.07) is 20.9. The monoisotopic (exact) mass is 296 g/mol. The summed E-state index contributed by atoms with van der Waals surface area (Å²) >= 11 is 0. The number of likely N-dealkylation sites (tertiary alicyclic amines) is 1. The lowest BCUT2D eigenvalue weighted by atomic mass is 9.94. The van der Waals surface area contributed by atoms with Crippen LogP contribution in [0.25, 0.3) is 0 Å². The lowest BCUT2D eigenvalue weighted by Gasteiger charge is -2.28. The summed E-state index contributed by atoms with van der Waals surface area (Å²) in [4.78, 5) is 2.34. The number of hydrogen-bond donors (Lipinski definition) is 2. The Bertz CT molecular complexity index is 573. The Balaban J connectivity index is 1.72. The van der Waals surface area contributed by atoms with E-state index in [0.717, 1.165) is 19.5 Å². The van der Waals surface area contributed by atoms with Gasteiger partial charge in [-0.05, 0) is 24.6 Å². The summed E-state index contributed by atoms with van der Waals surface area (Å²) in [5, 5.41) is 13.9. The van der Waals surface area contributed by atoms with Gasteiger partial charge in [0.15, 0.2) is 0 Å². The average Bonchev–Trinajstić information content (AvgIpc) is 2.84. The van der Waals surface area contributed by atoms with Gasteiger partial charge < -0.3 is 10.4 Å². The number of β-amino-alcohol motifs (C(OH)–C–C–N with tert-alkyl or cyclic N) is 1. The first-order chi connectivity index (χ1) is 10.8. The van der Waals surface area contributed by atoms with E-state index in [-0.39, 0.29) is 18.2 Å². The van der Waals surface area contributed by atoms with E-state index in [9.17, 15) is 5.11 Å². The molecule has 3 heteroatoms. The van der Waals surface area contributed by atoms with E-state index in [1.165, 1.54) is 11.1 Å². The molecule has 0 radical (unpaired) electrons. The molecule has 3 rings (SSSR count). The number of hydrogen-bond acceptors (Lipinski definition) is 3. The topological polar surface area (TPSA) is 35.5 Å². The molecule has 1 aliphatic rings. The van der Waals surface area contributed by atoms with Crippen molar-refractivity contribution in [3.05, 3.63) is 71.8 Å². The van der Waals surface area contributed by atoms with E-state index in [1.807, 2.05) is 19.2 Å². The third-order valence-electron chi connectivity index (χ3n) is 4.55. The van der Waals surface area contributed by atoms with Crippen molar-refractivity contribution in [1.29, 1.82) is 0 Å². The Labute approximate surface area is 132 Å². The zero-order valence-electron chi connectivity index (χ0n) is 13.0. The second kappa shape index (κ2) is 7.05. The number of nitrogens with one attached hydrogen (secondary N) is 1. The molecule has 0 bridgehead atoms. The van der Waals surface area contributed by atoms with Crippen LogP contribution in [0.1, 0.15) is 11.1 Å². The first kappa shape index (κ1) is 15.2. The lowest BCUT2D eigenvalue weighted by Crippen LogP contribution is -2.43. The highest BCUT2D eigenvalue weighted by Gasteiger charge is 2.39. The minimum atomic E-state index is -0.290. The van der Waals surface area contributed by atoms with Crippen molar-refractivity contribution in [1.82, 2.24) is 10.2 Å². The summed E-state index contributed by atoms with van der Waals surface area (Å²) in [5.41, 5.74) is 2.57. The summed E-state index contributed by atoms with van der Waals surface area (Å²) < 4.78 is 0. The molecule has 1 heterocycles. The summed E-state index contributed by atoms with van der Waals surface area (Å²) in [7, 11) is 1.98. The van der Waals surface area contributed by atoms with Gasteiger partial charge in [0.1, 0.15) is 0 Å². The van der Waals surface area contributed by atoms with Crippen LogP contribution >= 0.6 is 0 Å². The van der Waals surface area contributed by atoms with E-state index in [0.29, 0.717) is 0 Å². The van der Waals surface area contributed by atoms with Crippen LogP contribution in [-0.2, 0) is 13.0 Å². The fourth-order valence-electron chi connectivity index (χ4n) is 3.48. The molecule has 0 aromatic heterocycles. The van der Waals surface area contributed by atoms with Crippen molar-refractivity contribution in [3.8, 4) is 0 Å². The van der Waals surface area contributed by atoms with E-state index >= 15 is 0 Å². The number of aliphatic hydroxyl groups excluding tert-OH is 1. The van der Waals surface area contributed by atoms with Crippen molar-refractivity contribution in [2.45, 2.75) is 25.2 Å². The molecule has 0 aliphatic carbocycles. The molecule has 0 saturated carbocycles. The maximum absolute atomic E-state index is 10.5. The van der Waals surface area contributed by atoms with Gasteiger partial charge in [-0.2, -0.15) is 0 Å². The molecule has 116 valence electrons. The van der Waals surface area contributed by atoms with Gasteiger partial charge in [-0.3, -0.25) is 4.90 Å². The van der Waals surface area contributed by atoms with Crippen LogP contribution in [0, 0.1) is 5.92 Å². The van der Waals surface area contributed by atoms with Gasteiger partial charge >= 0.3 is 0 Å². The van der Waals surface area contributed by atoms with Gasteiger partial charge in [0, 0.05) is 19.0 Å². The van der Waals surface area contributed by atoms with E-state index in [2.05, 4.69) is 58.7 Å². The smallest absolute Gasteiger partial charge is 0.0726 e. The van der Waals surface area contributed by atoms with Crippen LogP contribution in [-0.4, -0.2) is 35.9 Å². The van der Waals surface area contributed by atoms with Gasteiger partial charge in [-0.25, -0.2) is 0 Å². The molecular weight excluding hydrogens is 272 g/mol. The van der Waals surface area contributed by atoms with Crippen molar-refractivity contribution in [2.75, 3.05) is 13.6 Å². The molecular formula is C19H24N2O. The number of nitrogens with zero attached hydrogens (tertiary/aromatic N) is 1. The van der Waals surface area contributed by atoms with Crippen molar-refractivity contribution < 1.29 is 5.11 Å². The highest BCUT2D eigenvalue weighted by atomic mass is 16.3. The molecule has 3 unspecified atom stereocenters. The van der Waals surface area contributed by atoms with Gasteiger partial charge in [-0.1, -0.05) is 60.7 Å². The van der Waals surface area contributed by atoms with Gasteiger partial charge in [-0.15, -0.1) is 0 Å². The fraction of sp³-hybridized carbons (Fsp3) is 0.368. The molecule has 1 saturated heterocycles. The fourth-order valence-corrected chi connectivity index (χ4v) is 3.48. The minimum Gasteiger partial charge on any atom is -0.391 e. The Morgan fingerprint density at radius 3 is 2.18 bits per heavy atom. The number of benzene rings is 2. The quantitative estimate of drug-likeness (QED) is 0.888. The van der Waals surface area contributed by atoms with Crippen LogP contribution in [0.15, 0.2) is 60.7 Å². The van der Waals surface area contributed by atoms with Crippen LogP contribution in [0.2, 0.25) is 0 Å². The molecule has 1 fully saturated rings. The molecule has 2 N–H and O–H groups in total. The van der Waals surface area contributed by atoms with Crippen LogP contribution in [0.5, 0.6) is 0 Å². The number of rotatable bonds is 5. The summed E-state index contributed by atoms with van der Waals surface area (Å²) in [6.07, 6.45) is 0.815. The Kier molecular flexibility index (Phi) is 4.88. The number of aliphatic hydroxyl groups is 1. The zero-order chi connectivity index (χ0) is 15.4. The van der Waals surface area contributed by atoms with Gasteiger partial charge in [0.05, 0.1) is 12.3 Å². The van der Waals surface area contributed by atoms with Gasteiger partial charge in [0.2, 0.25) is 0 Å². The Hall–Kier alpha value is -1.68. The third kappa shape index (κ3) is 3.38. The highest BCUT2D eigenvalue weighted by Crippen LogP contribution is 2.28. The second-order valence-corrected chi connectivity index (χ2v) is 6.07. The molecule has 2 aromatic carbocycles. The predicted molar refractivity (Wildman–Crippen MR) is 89.3 cm³/mol. The van der Waals surface area contributed by atoms with E-state index in [1.54, 1.807) is 0 Å². The van der Waals surface area contributed by atoms with Crippen molar-refractivity contribution in [3.63, 3.8) is 0 Å². The average molecular weight is 296 g/mol. The van der Waals surface area contributed by atoms with Crippen LogP contribution in [0.4, 0.5) is 0 Å².